The number of hydrogen-bond donors (Lipinski definition) is 1. The quantitative estimate of drug-likeness (QED) is 0.486. The van der Waals surface area contributed by atoms with Crippen molar-refractivity contribution in [1.29, 1.82) is 5.41 Å². The maximum Gasteiger partial charge on any atom is 0.110 e. The highest BCUT2D eigenvalue weighted by Crippen LogP contribution is 2.10. The van der Waals surface area contributed by atoms with Gasteiger partial charge < -0.3 is 4.90 Å². The van der Waals surface area contributed by atoms with Gasteiger partial charge in [0.05, 0.1) is 6.54 Å². The summed E-state index contributed by atoms with van der Waals surface area (Å²) in [6.45, 7) is 5.53. The van der Waals surface area contributed by atoms with Crippen molar-refractivity contribution in [3.63, 3.8) is 0 Å². The molecular weight excluding hydrogens is 150 g/mol. The molecule has 0 aromatic rings. The van der Waals surface area contributed by atoms with Gasteiger partial charge in [0.25, 0.3) is 0 Å². The molecule has 0 aromatic carbocycles. The molecule has 1 N–H and O–H groups in total. The van der Waals surface area contributed by atoms with Crippen LogP contribution in [0.25, 0.3) is 0 Å². The molecule has 12 heavy (non-hydrogen) atoms. The first-order valence-corrected chi connectivity index (χ1v) is 4.91. The van der Waals surface area contributed by atoms with Gasteiger partial charge in [-0.15, -0.1) is 0 Å². The Morgan fingerprint density at radius 1 is 1.00 bits per heavy atom. The van der Waals surface area contributed by atoms with Crippen molar-refractivity contribution in [2.45, 2.75) is 19.3 Å². The van der Waals surface area contributed by atoms with Gasteiger partial charge in [0, 0.05) is 13.1 Å². The van der Waals surface area contributed by atoms with Crippen LogP contribution in [0.1, 0.15) is 19.3 Å². The van der Waals surface area contributed by atoms with E-state index in [1.165, 1.54) is 32.4 Å². The van der Waals surface area contributed by atoms with E-state index in [2.05, 4.69) is 9.80 Å². The Morgan fingerprint density at radius 2 is 1.67 bits per heavy atom. The Bertz CT molecular complexity index is 169. The number of hydrogen-bond acceptors (Lipinski definition) is 2. The SMILES string of the molecule is N=C(CN1CCC1)N1CCCC1. The topological polar surface area (TPSA) is 30.3 Å². The second kappa shape index (κ2) is 3.44. The minimum absolute atomic E-state index is 0.840. The third kappa shape index (κ3) is 1.61. The first kappa shape index (κ1) is 8.05. The van der Waals surface area contributed by atoms with Crippen LogP contribution in [0, 0.1) is 5.41 Å². The fourth-order valence-corrected chi connectivity index (χ4v) is 1.84. The molecule has 2 rings (SSSR count). The molecule has 3 heteroatoms. The average Bonchev–Trinajstić information content (AvgIpc) is 2.47. The summed E-state index contributed by atoms with van der Waals surface area (Å²) in [5, 5.41) is 7.84. The van der Waals surface area contributed by atoms with Crippen molar-refractivity contribution in [3.05, 3.63) is 0 Å². The highest BCUT2D eigenvalue weighted by molar-refractivity contribution is 5.81. The van der Waals surface area contributed by atoms with Crippen LogP contribution in [-0.4, -0.2) is 48.4 Å². The van der Waals surface area contributed by atoms with Crippen molar-refractivity contribution in [1.82, 2.24) is 9.80 Å². The zero-order chi connectivity index (χ0) is 8.39. The van der Waals surface area contributed by atoms with Gasteiger partial charge in [-0.05, 0) is 32.4 Å². The van der Waals surface area contributed by atoms with Gasteiger partial charge >= 0.3 is 0 Å². The van der Waals surface area contributed by atoms with Crippen molar-refractivity contribution in [2.24, 2.45) is 0 Å². The Balaban J connectivity index is 1.74. The summed E-state index contributed by atoms with van der Waals surface area (Å²) in [7, 11) is 0. The number of nitrogens with zero attached hydrogens (tertiary/aromatic N) is 2. The van der Waals surface area contributed by atoms with E-state index in [1.54, 1.807) is 0 Å². The van der Waals surface area contributed by atoms with Crippen LogP contribution in [-0.2, 0) is 0 Å². The molecule has 2 saturated heterocycles. The summed E-state index contributed by atoms with van der Waals surface area (Å²) in [4.78, 5) is 4.57. The van der Waals surface area contributed by atoms with Crippen LogP contribution in [0.3, 0.4) is 0 Å². The van der Waals surface area contributed by atoms with Gasteiger partial charge in [0.2, 0.25) is 0 Å². The van der Waals surface area contributed by atoms with E-state index in [0.29, 0.717) is 0 Å². The van der Waals surface area contributed by atoms with Gasteiger partial charge in [0.1, 0.15) is 5.84 Å². The Labute approximate surface area is 73.9 Å². The van der Waals surface area contributed by atoms with Gasteiger partial charge in [-0.2, -0.15) is 0 Å². The second-order valence-electron chi connectivity index (χ2n) is 3.77. The lowest BCUT2D eigenvalue weighted by Gasteiger charge is -2.32. The van der Waals surface area contributed by atoms with E-state index >= 15 is 0 Å². The van der Waals surface area contributed by atoms with Crippen molar-refractivity contribution in [3.8, 4) is 0 Å². The third-order valence-electron chi connectivity index (χ3n) is 2.81. The van der Waals surface area contributed by atoms with E-state index < -0.39 is 0 Å². The lowest BCUT2D eigenvalue weighted by atomic mass is 10.2. The standard InChI is InChI=1S/C9H17N3/c10-9(8-11-4-3-5-11)12-6-1-2-7-12/h10H,1-8H2. The average molecular weight is 167 g/mol. The lowest BCUT2D eigenvalue weighted by molar-refractivity contribution is 0.203. The molecule has 3 nitrogen and oxygen atoms in total. The maximum absolute atomic E-state index is 7.84. The normalized spacial score (nSPS) is 24.2. The molecule has 0 radical (unpaired) electrons. The molecular formula is C9H17N3. The number of nitrogens with one attached hydrogen (secondary N) is 1. The van der Waals surface area contributed by atoms with Crippen LogP contribution in [0.15, 0.2) is 0 Å². The van der Waals surface area contributed by atoms with Crippen LogP contribution < -0.4 is 0 Å². The summed E-state index contributed by atoms with van der Waals surface area (Å²) in [6.07, 6.45) is 3.89. The zero-order valence-electron chi connectivity index (χ0n) is 7.55. The minimum Gasteiger partial charge on any atom is -0.359 e. The maximum atomic E-state index is 7.84. The Kier molecular flexibility index (Phi) is 2.30. The minimum atomic E-state index is 0.840. The molecule has 0 spiro atoms. The molecule has 0 atom stereocenters. The van der Waals surface area contributed by atoms with Gasteiger partial charge in [-0.3, -0.25) is 10.3 Å². The second-order valence-corrected chi connectivity index (χ2v) is 3.77. The number of rotatable bonds is 2. The predicted molar refractivity (Wildman–Crippen MR) is 49.6 cm³/mol. The van der Waals surface area contributed by atoms with Gasteiger partial charge in [0.15, 0.2) is 0 Å². The predicted octanol–water partition coefficient (Wildman–Crippen LogP) is 0.765. The van der Waals surface area contributed by atoms with Crippen LogP contribution in [0.5, 0.6) is 0 Å². The number of likely N-dealkylation sites (tertiary alicyclic amines) is 2. The first-order chi connectivity index (χ1) is 5.86. The highest BCUT2D eigenvalue weighted by atomic mass is 15.2. The Hall–Kier alpha value is -0.570. The smallest absolute Gasteiger partial charge is 0.110 e. The van der Waals surface area contributed by atoms with Crippen molar-refractivity contribution in [2.75, 3.05) is 32.7 Å². The molecule has 68 valence electrons. The van der Waals surface area contributed by atoms with E-state index in [0.717, 1.165) is 25.5 Å². The van der Waals surface area contributed by atoms with Crippen LogP contribution in [0.2, 0.25) is 0 Å². The first-order valence-electron chi connectivity index (χ1n) is 4.91. The molecule has 0 bridgehead atoms. The largest absolute Gasteiger partial charge is 0.359 e. The summed E-state index contributed by atoms with van der Waals surface area (Å²) >= 11 is 0. The van der Waals surface area contributed by atoms with Crippen LogP contribution >= 0.6 is 0 Å². The molecule has 2 aliphatic rings. The summed E-state index contributed by atoms with van der Waals surface area (Å²) in [6, 6.07) is 0. The molecule has 2 heterocycles. The van der Waals surface area contributed by atoms with E-state index in [-0.39, 0.29) is 0 Å². The van der Waals surface area contributed by atoms with Gasteiger partial charge in [-0.1, -0.05) is 0 Å². The van der Waals surface area contributed by atoms with E-state index in [1.807, 2.05) is 0 Å². The molecule has 0 amide bonds. The fourth-order valence-electron chi connectivity index (χ4n) is 1.84. The molecule has 0 unspecified atom stereocenters. The van der Waals surface area contributed by atoms with Crippen molar-refractivity contribution >= 4 is 5.84 Å². The molecule has 0 aliphatic carbocycles. The summed E-state index contributed by atoms with van der Waals surface area (Å²) < 4.78 is 0. The monoisotopic (exact) mass is 167 g/mol. The highest BCUT2D eigenvalue weighted by Gasteiger charge is 2.20. The van der Waals surface area contributed by atoms with E-state index in [4.69, 9.17) is 5.41 Å². The summed E-state index contributed by atoms with van der Waals surface area (Å²) in [5.41, 5.74) is 0. The summed E-state index contributed by atoms with van der Waals surface area (Å²) in [5.74, 6) is 0.840. The Morgan fingerprint density at radius 3 is 2.17 bits per heavy atom. The molecule has 2 aliphatic heterocycles. The molecule has 0 aromatic heterocycles. The molecule has 0 saturated carbocycles. The third-order valence-corrected chi connectivity index (χ3v) is 2.81. The van der Waals surface area contributed by atoms with E-state index in [9.17, 15) is 0 Å². The zero-order valence-corrected chi connectivity index (χ0v) is 7.55. The van der Waals surface area contributed by atoms with Crippen LogP contribution in [0.4, 0.5) is 0 Å². The van der Waals surface area contributed by atoms with Gasteiger partial charge in [-0.25, -0.2) is 0 Å². The number of amidine groups is 1. The lowest BCUT2D eigenvalue weighted by Crippen LogP contribution is -2.44. The fraction of sp³-hybridized carbons (Fsp3) is 0.889. The molecule has 2 fully saturated rings. The van der Waals surface area contributed by atoms with Crippen molar-refractivity contribution < 1.29 is 0 Å².